The molecule has 1 saturated heterocycles. The molecule has 2 aliphatic rings. The Balaban J connectivity index is 1.19. The van der Waals surface area contributed by atoms with E-state index >= 15 is 0 Å². The number of amides is 1. The van der Waals surface area contributed by atoms with Gasteiger partial charge in [-0.3, -0.25) is 9.69 Å². The van der Waals surface area contributed by atoms with E-state index in [0.717, 1.165) is 48.1 Å². The van der Waals surface area contributed by atoms with Crippen LogP contribution in [0.1, 0.15) is 16.1 Å². The largest absolute Gasteiger partial charge is 0.454 e. The Kier molecular flexibility index (Phi) is 5.68. The summed E-state index contributed by atoms with van der Waals surface area (Å²) in [6.45, 7) is 4.06. The van der Waals surface area contributed by atoms with E-state index in [1.165, 1.54) is 5.56 Å². The van der Waals surface area contributed by atoms with Crippen LogP contribution in [0.25, 0.3) is 16.9 Å². The third-order valence-corrected chi connectivity index (χ3v) is 6.50. The molecule has 3 heterocycles. The smallest absolute Gasteiger partial charge is 0.272 e. The molecule has 2 aliphatic heterocycles. The van der Waals surface area contributed by atoms with Crippen LogP contribution in [0.3, 0.4) is 0 Å². The molecule has 1 amide bonds. The zero-order chi connectivity index (χ0) is 23.6. The summed E-state index contributed by atoms with van der Waals surface area (Å²) in [7, 11) is 0. The second-order valence-corrected chi connectivity index (χ2v) is 8.78. The summed E-state index contributed by atoms with van der Waals surface area (Å²) in [6, 6.07) is 27.8. The molecule has 0 radical (unpaired) electrons. The summed E-state index contributed by atoms with van der Waals surface area (Å²) < 4.78 is 12.7. The van der Waals surface area contributed by atoms with E-state index in [-0.39, 0.29) is 12.7 Å². The van der Waals surface area contributed by atoms with Gasteiger partial charge in [-0.05, 0) is 35.9 Å². The highest BCUT2D eigenvalue weighted by Crippen LogP contribution is 2.33. The number of hydrogen-bond acceptors (Lipinski definition) is 5. The van der Waals surface area contributed by atoms with Gasteiger partial charge in [-0.2, -0.15) is 5.10 Å². The van der Waals surface area contributed by atoms with E-state index in [0.29, 0.717) is 18.8 Å². The molecule has 0 atom stereocenters. The topological polar surface area (TPSA) is 59.8 Å². The molecule has 4 aromatic rings. The minimum atomic E-state index is 0.00580. The van der Waals surface area contributed by atoms with Crippen molar-refractivity contribution >= 4 is 5.91 Å². The second-order valence-electron chi connectivity index (χ2n) is 8.78. The van der Waals surface area contributed by atoms with Crippen LogP contribution >= 0.6 is 0 Å². The third-order valence-electron chi connectivity index (χ3n) is 6.50. The number of benzene rings is 3. The zero-order valence-corrected chi connectivity index (χ0v) is 19.3. The van der Waals surface area contributed by atoms with E-state index in [1.54, 1.807) is 4.68 Å². The Bertz CT molecular complexity index is 1330. The summed E-state index contributed by atoms with van der Waals surface area (Å²) in [5.74, 6) is 1.61. The van der Waals surface area contributed by atoms with Crippen LogP contribution in [0, 0.1) is 0 Å². The zero-order valence-electron chi connectivity index (χ0n) is 19.3. The summed E-state index contributed by atoms with van der Waals surface area (Å²) >= 11 is 0. The van der Waals surface area contributed by atoms with Crippen molar-refractivity contribution in [2.45, 2.75) is 6.54 Å². The molecule has 7 nitrogen and oxygen atoms in total. The first kappa shape index (κ1) is 21.4. The van der Waals surface area contributed by atoms with Gasteiger partial charge in [-0.15, -0.1) is 0 Å². The third kappa shape index (κ3) is 4.38. The number of aromatic nitrogens is 2. The average molecular weight is 467 g/mol. The molecule has 6 rings (SSSR count). The summed E-state index contributed by atoms with van der Waals surface area (Å²) in [6.07, 6.45) is 0. The lowest BCUT2D eigenvalue weighted by molar-refractivity contribution is 0.0619. The number of piperazine rings is 1. The van der Waals surface area contributed by atoms with E-state index in [1.807, 2.05) is 83.8 Å². The number of carbonyl (C=O) groups is 1. The number of nitrogens with zero attached hydrogens (tertiary/aromatic N) is 4. The minimum Gasteiger partial charge on any atom is -0.454 e. The monoisotopic (exact) mass is 466 g/mol. The Hall–Kier alpha value is -4.10. The highest BCUT2D eigenvalue weighted by atomic mass is 16.7. The van der Waals surface area contributed by atoms with Gasteiger partial charge in [0.25, 0.3) is 5.91 Å². The molecule has 0 N–H and O–H groups in total. The molecule has 3 aromatic carbocycles. The molecule has 0 aliphatic carbocycles. The fraction of sp³-hybridized carbons (Fsp3) is 0.214. The molecule has 0 saturated carbocycles. The molecular formula is C28H26N4O3. The Morgan fingerprint density at radius 3 is 2.29 bits per heavy atom. The van der Waals surface area contributed by atoms with Crippen LogP contribution in [0.5, 0.6) is 11.5 Å². The van der Waals surface area contributed by atoms with Crippen LogP contribution in [-0.2, 0) is 6.54 Å². The lowest BCUT2D eigenvalue weighted by Gasteiger charge is -2.34. The Labute approximate surface area is 204 Å². The number of hydrogen-bond donors (Lipinski definition) is 0. The van der Waals surface area contributed by atoms with Crippen molar-refractivity contribution in [2.24, 2.45) is 0 Å². The Morgan fingerprint density at radius 2 is 1.51 bits per heavy atom. The second kappa shape index (κ2) is 9.27. The molecule has 0 spiro atoms. The first-order chi connectivity index (χ1) is 17.2. The van der Waals surface area contributed by atoms with Crippen LogP contribution in [0.15, 0.2) is 84.9 Å². The highest BCUT2D eigenvalue weighted by molar-refractivity contribution is 5.94. The predicted octanol–water partition coefficient (Wildman–Crippen LogP) is 4.23. The molecule has 1 fully saturated rings. The van der Waals surface area contributed by atoms with Crippen molar-refractivity contribution in [1.82, 2.24) is 19.6 Å². The van der Waals surface area contributed by atoms with E-state index in [2.05, 4.69) is 11.0 Å². The van der Waals surface area contributed by atoms with Gasteiger partial charge in [0.1, 0.15) is 5.69 Å². The van der Waals surface area contributed by atoms with Gasteiger partial charge in [0, 0.05) is 38.3 Å². The first-order valence-electron chi connectivity index (χ1n) is 11.9. The molecule has 7 heteroatoms. The molecule has 176 valence electrons. The maximum atomic E-state index is 13.6. The minimum absolute atomic E-state index is 0.00580. The molecule has 35 heavy (non-hydrogen) atoms. The average Bonchev–Trinajstić information content (AvgIpc) is 3.57. The van der Waals surface area contributed by atoms with Gasteiger partial charge in [0.15, 0.2) is 11.5 Å². The number of carbonyl (C=O) groups excluding carboxylic acids is 1. The van der Waals surface area contributed by atoms with E-state index in [9.17, 15) is 4.79 Å². The van der Waals surface area contributed by atoms with Crippen LogP contribution in [0.2, 0.25) is 0 Å². The maximum Gasteiger partial charge on any atom is 0.272 e. The molecule has 0 unspecified atom stereocenters. The van der Waals surface area contributed by atoms with Gasteiger partial charge in [0.2, 0.25) is 6.79 Å². The van der Waals surface area contributed by atoms with Gasteiger partial charge in [0.05, 0.1) is 11.4 Å². The predicted molar refractivity (Wildman–Crippen MR) is 133 cm³/mol. The van der Waals surface area contributed by atoms with Crippen molar-refractivity contribution in [3.05, 3.63) is 96.2 Å². The van der Waals surface area contributed by atoms with E-state index in [4.69, 9.17) is 14.6 Å². The van der Waals surface area contributed by atoms with Crippen molar-refractivity contribution in [2.75, 3.05) is 33.0 Å². The summed E-state index contributed by atoms with van der Waals surface area (Å²) in [4.78, 5) is 17.9. The summed E-state index contributed by atoms with van der Waals surface area (Å²) in [5.41, 5.74) is 4.42. The Morgan fingerprint density at radius 1 is 0.800 bits per heavy atom. The number of rotatable bonds is 5. The molecule has 0 bridgehead atoms. The first-order valence-corrected chi connectivity index (χ1v) is 11.9. The van der Waals surface area contributed by atoms with E-state index < -0.39 is 0 Å². The highest BCUT2D eigenvalue weighted by Gasteiger charge is 2.26. The van der Waals surface area contributed by atoms with Crippen LogP contribution in [-0.4, -0.2) is 58.5 Å². The van der Waals surface area contributed by atoms with Crippen LogP contribution < -0.4 is 9.47 Å². The number of para-hydroxylation sites is 1. The van der Waals surface area contributed by atoms with Gasteiger partial charge < -0.3 is 14.4 Å². The quantitative estimate of drug-likeness (QED) is 0.441. The van der Waals surface area contributed by atoms with Crippen molar-refractivity contribution in [3.63, 3.8) is 0 Å². The van der Waals surface area contributed by atoms with Gasteiger partial charge >= 0.3 is 0 Å². The molecule has 1 aromatic heterocycles. The van der Waals surface area contributed by atoms with Crippen molar-refractivity contribution < 1.29 is 14.3 Å². The fourth-order valence-electron chi connectivity index (χ4n) is 4.62. The van der Waals surface area contributed by atoms with Crippen molar-refractivity contribution in [3.8, 4) is 28.4 Å². The number of ether oxygens (including phenoxy) is 2. The van der Waals surface area contributed by atoms with Crippen molar-refractivity contribution in [1.29, 1.82) is 0 Å². The maximum absolute atomic E-state index is 13.6. The lowest BCUT2D eigenvalue weighted by atomic mass is 10.1. The number of fused-ring (bicyclic) bond motifs is 1. The van der Waals surface area contributed by atoms with Gasteiger partial charge in [-0.25, -0.2) is 4.68 Å². The fourth-order valence-corrected chi connectivity index (χ4v) is 4.62. The lowest BCUT2D eigenvalue weighted by Crippen LogP contribution is -2.48. The van der Waals surface area contributed by atoms with Crippen LogP contribution in [0.4, 0.5) is 0 Å². The normalized spacial score (nSPS) is 15.4. The summed E-state index contributed by atoms with van der Waals surface area (Å²) in [5, 5.41) is 4.80. The SMILES string of the molecule is O=C(c1cc(-c2ccccc2)nn1-c1ccccc1)N1CCN(Cc2ccc3c(c2)OCO3)CC1. The van der Waals surface area contributed by atoms with Gasteiger partial charge in [-0.1, -0.05) is 54.6 Å². The molecular weight excluding hydrogens is 440 g/mol. The standard InChI is InChI=1S/C28H26N4O3/c33-28(31-15-13-30(14-16-31)19-21-11-12-26-27(17-21)35-20-34-26)25-18-24(22-7-3-1-4-8-22)29-32(25)23-9-5-2-6-10-23/h1-12,17-18H,13-16,19-20H2.